The maximum absolute atomic E-state index is 16.7. The van der Waals surface area contributed by atoms with Gasteiger partial charge in [-0.3, -0.25) is 0 Å². The first kappa shape index (κ1) is 27.1. The van der Waals surface area contributed by atoms with Gasteiger partial charge in [0.25, 0.3) is 0 Å². The maximum Gasteiger partial charge on any atom is 0.417 e. The minimum atomic E-state index is -5.02. The molecule has 3 fully saturated rings. The minimum absolute atomic E-state index is 0.0824. The highest BCUT2D eigenvalue weighted by Crippen LogP contribution is 2.48. The molecule has 5 heterocycles. The largest absolute Gasteiger partial charge is 0.458 e. The number of nitrogens with one attached hydrogen (secondary N) is 1. The van der Waals surface area contributed by atoms with Crippen molar-refractivity contribution >= 4 is 43.1 Å². The summed E-state index contributed by atoms with van der Waals surface area (Å²) in [5, 5.41) is 12.8. The predicted octanol–water partition coefficient (Wildman–Crippen LogP) is 5.37. The lowest BCUT2D eigenvalue weighted by molar-refractivity contribution is -0.137. The number of hydrogen-bond acceptors (Lipinski definition) is 9. The minimum Gasteiger partial charge on any atom is -0.458 e. The SMILES string of the molecule is N#Cc1c(N)sc2c(F)ccc(-c3c(C(F)(F)F)cc4c(N5CC6CCC(C5)N6)nc(O[C@H]5CCOC5)nc4c3F)c12. The van der Waals surface area contributed by atoms with Gasteiger partial charge in [-0.25, -0.2) is 8.78 Å². The Labute approximate surface area is 239 Å². The van der Waals surface area contributed by atoms with E-state index in [-0.39, 0.29) is 67.6 Å². The first-order valence-electron chi connectivity index (χ1n) is 13.4. The Bertz CT molecular complexity index is 1770. The Morgan fingerprint density at radius 1 is 1.14 bits per heavy atom. The summed E-state index contributed by atoms with van der Waals surface area (Å²) < 4.78 is 86.8. The highest BCUT2D eigenvalue weighted by molar-refractivity contribution is 7.23. The Kier molecular flexibility index (Phi) is 6.37. The first-order valence-corrected chi connectivity index (χ1v) is 14.2. The summed E-state index contributed by atoms with van der Waals surface area (Å²) in [7, 11) is 0. The van der Waals surface area contributed by atoms with Crippen LogP contribution in [0, 0.1) is 23.0 Å². The van der Waals surface area contributed by atoms with E-state index < -0.39 is 35.0 Å². The summed E-state index contributed by atoms with van der Waals surface area (Å²) in [6.45, 7) is 1.68. The van der Waals surface area contributed by atoms with Crippen LogP contribution in [-0.4, -0.2) is 54.5 Å². The normalized spacial score (nSPS) is 22.3. The number of piperazine rings is 1. The fourth-order valence-corrected chi connectivity index (χ4v) is 7.15. The third kappa shape index (κ3) is 4.38. The second kappa shape index (κ2) is 9.89. The number of nitriles is 1. The molecule has 3 atom stereocenters. The van der Waals surface area contributed by atoms with Gasteiger partial charge in [-0.15, -0.1) is 11.3 Å². The molecule has 0 radical (unpaired) electrons. The number of thiophene rings is 1. The fraction of sp³-hybridized carbons (Fsp3) is 0.393. The number of aromatic nitrogens is 2. The number of hydrogen-bond donors (Lipinski definition) is 2. The van der Waals surface area contributed by atoms with Gasteiger partial charge in [-0.05, 0) is 30.5 Å². The molecule has 2 unspecified atom stereocenters. The average Bonchev–Trinajstić information content (AvgIpc) is 3.67. The summed E-state index contributed by atoms with van der Waals surface area (Å²) in [6.07, 6.45) is -3.04. The quantitative estimate of drug-likeness (QED) is 0.300. The maximum atomic E-state index is 16.7. The van der Waals surface area contributed by atoms with Crippen molar-refractivity contribution in [3.05, 3.63) is 41.0 Å². The average molecular weight is 603 g/mol. The number of halogens is 5. The molecule has 2 aromatic heterocycles. The van der Waals surface area contributed by atoms with Gasteiger partial charge in [0.2, 0.25) is 0 Å². The fourth-order valence-electron chi connectivity index (χ4n) is 6.21. The predicted molar refractivity (Wildman–Crippen MR) is 146 cm³/mol. The van der Waals surface area contributed by atoms with Crippen LogP contribution in [0.5, 0.6) is 6.01 Å². The van der Waals surface area contributed by atoms with Crippen LogP contribution in [0.2, 0.25) is 0 Å². The number of rotatable bonds is 4. The summed E-state index contributed by atoms with van der Waals surface area (Å²) in [5.41, 5.74) is 2.86. The molecule has 3 N–H and O–H groups in total. The monoisotopic (exact) mass is 602 g/mol. The van der Waals surface area contributed by atoms with Crippen LogP contribution in [0.4, 0.5) is 32.8 Å². The Balaban J connectivity index is 1.52. The molecular formula is C28H23F5N6O2S. The third-order valence-electron chi connectivity index (χ3n) is 8.07. The van der Waals surface area contributed by atoms with Crippen LogP contribution in [-0.2, 0) is 10.9 Å². The lowest BCUT2D eigenvalue weighted by Crippen LogP contribution is -2.51. The Hall–Kier alpha value is -3.80. The van der Waals surface area contributed by atoms with Gasteiger partial charge in [-0.1, -0.05) is 6.07 Å². The van der Waals surface area contributed by atoms with Gasteiger partial charge in [0.15, 0.2) is 5.82 Å². The molecule has 0 saturated carbocycles. The van der Waals surface area contributed by atoms with Gasteiger partial charge < -0.3 is 25.4 Å². The summed E-state index contributed by atoms with van der Waals surface area (Å²) in [6, 6.07) is 4.71. The van der Waals surface area contributed by atoms with Crippen molar-refractivity contribution in [3.63, 3.8) is 0 Å². The van der Waals surface area contributed by atoms with Gasteiger partial charge >= 0.3 is 12.2 Å². The number of nitrogens with two attached hydrogens (primary N) is 1. The molecule has 3 aliphatic rings. The van der Waals surface area contributed by atoms with Crippen molar-refractivity contribution < 1.29 is 31.4 Å². The zero-order valence-electron chi connectivity index (χ0n) is 21.9. The van der Waals surface area contributed by atoms with E-state index in [2.05, 4.69) is 15.3 Å². The molecule has 8 nitrogen and oxygen atoms in total. The molecule has 2 bridgehead atoms. The highest BCUT2D eigenvalue weighted by Gasteiger charge is 2.40. The number of benzene rings is 2. The third-order valence-corrected chi connectivity index (χ3v) is 9.10. The van der Waals surface area contributed by atoms with Crippen molar-refractivity contribution in [1.82, 2.24) is 15.3 Å². The van der Waals surface area contributed by atoms with Crippen molar-refractivity contribution in [1.29, 1.82) is 5.26 Å². The second-order valence-corrected chi connectivity index (χ2v) is 11.8. The zero-order chi connectivity index (χ0) is 29.3. The molecule has 4 aromatic rings. The van der Waals surface area contributed by atoms with E-state index in [4.69, 9.17) is 15.2 Å². The van der Waals surface area contributed by atoms with Crippen LogP contribution >= 0.6 is 11.3 Å². The van der Waals surface area contributed by atoms with Crippen molar-refractivity contribution in [2.24, 2.45) is 0 Å². The van der Waals surface area contributed by atoms with Crippen LogP contribution in [0.25, 0.3) is 32.1 Å². The van der Waals surface area contributed by atoms with E-state index in [1.54, 1.807) is 0 Å². The van der Waals surface area contributed by atoms with E-state index >= 15 is 4.39 Å². The lowest BCUT2D eigenvalue weighted by atomic mass is 9.92. The summed E-state index contributed by atoms with van der Waals surface area (Å²) in [5.74, 6) is -1.92. The number of alkyl halides is 3. The first-order chi connectivity index (χ1) is 20.1. The van der Waals surface area contributed by atoms with Gasteiger partial charge in [-0.2, -0.15) is 28.4 Å². The Morgan fingerprint density at radius 3 is 2.57 bits per heavy atom. The van der Waals surface area contributed by atoms with Crippen LogP contribution < -0.4 is 20.7 Å². The highest BCUT2D eigenvalue weighted by atomic mass is 32.1. The van der Waals surface area contributed by atoms with Gasteiger partial charge in [0.1, 0.15) is 34.3 Å². The van der Waals surface area contributed by atoms with Crippen molar-refractivity contribution in [2.75, 3.05) is 36.9 Å². The number of ether oxygens (including phenoxy) is 2. The molecule has 3 aliphatic heterocycles. The molecular weight excluding hydrogens is 579 g/mol. The van der Waals surface area contributed by atoms with Gasteiger partial charge in [0, 0.05) is 47.9 Å². The second-order valence-electron chi connectivity index (χ2n) is 10.7. The van der Waals surface area contributed by atoms with Crippen LogP contribution in [0.15, 0.2) is 18.2 Å². The van der Waals surface area contributed by atoms with E-state index in [0.29, 0.717) is 37.5 Å². The van der Waals surface area contributed by atoms with Crippen molar-refractivity contribution in [2.45, 2.75) is 43.6 Å². The number of nitrogen functional groups attached to an aromatic ring is 1. The number of anilines is 2. The molecule has 0 amide bonds. The smallest absolute Gasteiger partial charge is 0.417 e. The lowest BCUT2D eigenvalue weighted by Gasteiger charge is -2.34. The van der Waals surface area contributed by atoms with E-state index in [1.807, 2.05) is 11.0 Å². The van der Waals surface area contributed by atoms with E-state index in [9.17, 15) is 22.8 Å². The zero-order valence-corrected chi connectivity index (χ0v) is 22.7. The molecule has 14 heteroatoms. The summed E-state index contributed by atoms with van der Waals surface area (Å²) >= 11 is 0.716. The van der Waals surface area contributed by atoms with E-state index in [1.165, 1.54) is 0 Å². The molecule has 0 spiro atoms. The molecule has 7 rings (SSSR count). The number of nitrogens with zero attached hydrogens (tertiary/aromatic N) is 4. The number of fused-ring (bicyclic) bond motifs is 4. The topological polar surface area (TPSA) is 109 Å². The van der Waals surface area contributed by atoms with Crippen LogP contribution in [0.1, 0.15) is 30.4 Å². The molecule has 2 aromatic carbocycles. The molecule has 42 heavy (non-hydrogen) atoms. The summed E-state index contributed by atoms with van der Waals surface area (Å²) in [4.78, 5) is 10.6. The van der Waals surface area contributed by atoms with Gasteiger partial charge in [0.05, 0.1) is 29.0 Å². The molecule has 218 valence electrons. The van der Waals surface area contributed by atoms with Crippen LogP contribution in [0.3, 0.4) is 0 Å². The van der Waals surface area contributed by atoms with E-state index in [0.717, 1.165) is 31.0 Å². The Morgan fingerprint density at radius 2 is 1.90 bits per heavy atom. The molecule has 3 saturated heterocycles. The molecule has 0 aliphatic carbocycles. The van der Waals surface area contributed by atoms with Crippen molar-refractivity contribution in [3.8, 4) is 23.2 Å². The standard InChI is InChI=1S/C28H23F5N6O2S/c29-19-4-3-15(20-17(8-34)25(35)42-24(19)20)21-18(28(31,32)33)7-16-23(22(21)30)37-27(41-14-5-6-40-11-14)38-26(16)39-9-12-1-2-13(10-39)36-12/h3-4,7,12-14,36H,1-2,5-6,9-11,35H2/t12?,13?,14-/m0/s1.